The summed E-state index contributed by atoms with van der Waals surface area (Å²) in [6.07, 6.45) is 0. The van der Waals surface area contributed by atoms with Crippen molar-refractivity contribution in [3.8, 4) is 44.8 Å². The van der Waals surface area contributed by atoms with Crippen LogP contribution in [0.4, 0.5) is 0 Å². The fourth-order valence-electron chi connectivity index (χ4n) is 6.36. The maximum absolute atomic E-state index is 6.27. The Hall–Kier alpha value is -4.95. The van der Waals surface area contributed by atoms with E-state index in [2.05, 4.69) is 123 Å². The highest BCUT2D eigenvalue weighted by Crippen LogP contribution is 2.51. The van der Waals surface area contributed by atoms with E-state index in [9.17, 15) is 0 Å². The molecule has 0 atom stereocenters. The Morgan fingerprint density at radius 3 is 1.80 bits per heavy atom. The maximum atomic E-state index is 6.27. The van der Waals surface area contributed by atoms with E-state index >= 15 is 0 Å². The summed E-state index contributed by atoms with van der Waals surface area (Å²) in [5, 5.41) is 2.34. The summed E-state index contributed by atoms with van der Waals surface area (Å²) in [7, 11) is 0. The zero-order valence-corrected chi connectivity index (χ0v) is 22.5. The van der Waals surface area contributed by atoms with Crippen LogP contribution in [0.5, 0.6) is 0 Å². The van der Waals surface area contributed by atoms with E-state index in [1.54, 1.807) is 0 Å². The van der Waals surface area contributed by atoms with Crippen LogP contribution in [0.1, 0.15) is 25.0 Å². The fraction of sp³-hybridized carbons (Fsp3) is 0.0789. The number of rotatable bonds is 3. The molecule has 0 bridgehead atoms. The summed E-state index contributed by atoms with van der Waals surface area (Å²) in [5.41, 5.74) is 13.6. The van der Waals surface area contributed by atoms with Crippen molar-refractivity contribution >= 4 is 21.9 Å². The third-order valence-corrected chi connectivity index (χ3v) is 8.47. The molecular weight excluding hydrogens is 486 g/mol. The van der Waals surface area contributed by atoms with Gasteiger partial charge >= 0.3 is 0 Å². The van der Waals surface area contributed by atoms with Crippen molar-refractivity contribution in [3.63, 3.8) is 0 Å². The normalized spacial score (nSPS) is 13.4. The Bertz CT molecular complexity index is 2010. The smallest absolute Gasteiger partial charge is 0.135 e. The first-order valence-corrected chi connectivity index (χ1v) is 13.8. The molecule has 0 spiro atoms. The van der Waals surface area contributed by atoms with Gasteiger partial charge in [0.05, 0.1) is 11.4 Å². The van der Waals surface area contributed by atoms with Gasteiger partial charge in [0, 0.05) is 27.3 Å². The summed E-state index contributed by atoms with van der Waals surface area (Å²) >= 11 is 0. The van der Waals surface area contributed by atoms with Crippen molar-refractivity contribution in [2.24, 2.45) is 0 Å². The van der Waals surface area contributed by atoms with E-state index in [4.69, 9.17) is 9.40 Å². The van der Waals surface area contributed by atoms with Crippen LogP contribution in [0.25, 0.3) is 66.7 Å². The largest absolute Gasteiger partial charge is 0.456 e. The van der Waals surface area contributed by atoms with Crippen molar-refractivity contribution in [1.82, 2.24) is 4.98 Å². The van der Waals surface area contributed by atoms with Crippen LogP contribution in [0.2, 0.25) is 0 Å². The van der Waals surface area contributed by atoms with Crippen LogP contribution in [0.3, 0.4) is 0 Å². The molecule has 1 aliphatic rings. The molecule has 2 heterocycles. The van der Waals surface area contributed by atoms with E-state index in [0.29, 0.717) is 0 Å². The van der Waals surface area contributed by atoms with Gasteiger partial charge in [-0.05, 0) is 69.8 Å². The van der Waals surface area contributed by atoms with Crippen LogP contribution < -0.4 is 0 Å². The molecule has 0 saturated carbocycles. The third kappa shape index (κ3) is 3.46. The minimum atomic E-state index is -0.112. The van der Waals surface area contributed by atoms with Gasteiger partial charge in [-0.25, -0.2) is 4.98 Å². The van der Waals surface area contributed by atoms with E-state index in [-0.39, 0.29) is 5.41 Å². The number of aromatic nitrogens is 1. The van der Waals surface area contributed by atoms with Crippen molar-refractivity contribution in [3.05, 3.63) is 139 Å². The third-order valence-electron chi connectivity index (χ3n) is 8.47. The molecular formula is C38H27NO. The first kappa shape index (κ1) is 23.0. The maximum Gasteiger partial charge on any atom is 0.135 e. The molecule has 40 heavy (non-hydrogen) atoms. The molecule has 0 saturated heterocycles. The van der Waals surface area contributed by atoms with Crippen molar-refractivity contribution in [2.75, 3.05) is 0 Å². The zero-order chi connectivity index (χ0) is 26.8. The second kappa shape index (κ2) is 8.53. The predicted molar refractivity (Wildman–Crippen MR) is 165 cm³/mol. The number of pyridine rings is 1. The molecule has 5 aromatic carbocycles. The second-order valence-electron chi connectivity index (χ2n) is 11.2. The highest BCUT2D eigenvalue weighted by atomic mass is 16.3. The van der Waals surface area contributed by atoms with Crippen molar-refractivity contribution in [2.45, 2.75) is 19.3 Å². The molecule has 2 aromatic heterocycles. The van der Waals surface area contributed by atoms with E-state index in [1.807, 2.05) is 18.2 Å². The minimum absolute atomic E-state index is 0.112. The molecule has 0 fully saturated rings. The lowest BCUT2D eigenvalue weighted by Crippen LogP contribution is -2.14. The molecule has 1 aliphatic carbocycles. The lowest BCUT2D eigenvalue weighted by atomic mass is 9.82. The lowest BCUT2D eigenvalue weighted by molar-refractivity contribution is 0.647. The van der Waals surface area contributed by atoms with Gasteiger partial charge in [0.15, 0.2) is 0 Å². The summed E-state index contributed by atoms with van der Waals surface area (Å²) in [4.78, 5) is 5.08. The summed E-state index contributed by atoms with van der Waals surface area (Å²) in [6, 6.07) is 45.2. The fourth-order valence-corrected chi connectivity index (χ4v) is 6.36. The molecule has 7 aromatic rings. The number of benzene rings is 5. The van der Waals surface area contributed by atoms with Gasteiger partial charge in [0.2, 0.25) is 0 Å². The van der Waals surface area contributed by atoms with Crippen molar-refractivity contribution in [1.29, 1.82) is 0 Å². The Morgan fingerprint density at radius 1 is 0.475 bits per heavy atom. The standard InChI is InChI=1S/C38H27NO/c1-38(2)32-18-17-26(19-29(32)30-22-31-28-15-9-10-16-36(28)40-37(31)23-33(30)38)27-20-34(24-11-5-3-6-12-24)39-35(21-27)25-13-7-4-8-14-25/h3-23H,1-2H3. The van der Waals surface area contributed by atoms with Crippen LogP contribution >= 0.6 is 0 Å². The highest BCUT2D eigenvalue weighted by Gasteiger charge is 2.36. The number of nitrogens with zero attached hydrogens (tertiary/aromatic N) is 1. The molecule has 0 aliphatic heterocycles. The molecule has 0 amide bonds. The number of hydrogen-bond donors (Lipinski definition) is 0. The van der Waals surface area contributed by atoms with Gasteiger partial charge < -0.3 is 4.42 Å². The van der Waals surface area contributed by atoms with Crippen molar-refractivity contribution < 1.29 is 4.42 Å². The number of para-hydroxylation sites is 1. The zero-order valence-electron chi connectivity index (χ0n) is 22.5. The Kier molecular flexibility index (Phi) is 4.90. The monoisotopic (exact) mass is 513 g/mol. The Balaban J connectivity index is 1.34. The summed E-state index contributed by atoms with van der Waals surface area (Å²) in [6.45, 7) is 4.64. The van der Waals surface area contributed by atoms with Gasteiger partial charge in [-0.3, -0.25) is 0 Å². The minimum Gasteiger partial charge on any atom is -0.456 e. The number of fused-ring (bicyclic) bond motifs is 6. The van der Waals surface area contributed by atoms with E-state index in [0.717, 1.165) is 44.6 Å². The van der Waals surface area contributed by atoms with Crippen LogP contribution in [0.15, 0.2) is 132 Å². The summed E-state index contributed by atoms with van der Waals surface area (Å²) in [5.74, 6) is 0. The van der Waals surface area contributed by atoms with Crippen LogP contribution in [-0.4, -0.2) is 4.98 Å². The molecule has 0 unspecified atom stereocenters. The SMILES string of the molecule is CC1(C)c2ccc(-c3cc(-c4ccccc4)nc(-c4ccccc4)c3)cc2-c2cc3c(cc21)oc1ccccc13. The average molecular weight is 514 g/mol. The predicted octanol–water partition coefficient (Wildman–Crippen LogP) is 10.3. The average Bonchev–Trinajstić information content (AvgIpc) is 3.48. The highest BCUT2D eigenvalue weighted by molar-refractivity contribution is 6.07. The van der Waals surface area contributed by atoms with Gasteiger partial charge in [0.25, 0.3) is 0 Å². The van der Waals surface area contributed by atoms with Crippen LogP contribution in [-0.2, 0) is 5.41 Å². The number of hydrogen-bond acceptors (Lipinski definition) is 2. The molecule has 0 N–H and O–H groups in total. The quantitative estimate of drug-likeness (QED) is 0.235. The first-order valence-electron chi connectivity index (χ1n) is 13.8. The Morgan fingerprint density at radius 2 is 1.10 bits per heavy atom. The van der Waals surface area contributed by atoms with Gasteiger partial charge in [-0.1, -0.05) is 105 Å². The van der Waals surface area contributed by atoms with Gasteiger partial charge in [-0.15, -0.1) is 0 Å². The number of furan rings is 1. The van der Waals surface area contributed by atoms with Crippen LogP contribution in [0, 0.1) is 0 Å². The van der Waals surface area contributed by atoms with Gasteiger partial charge in [-0.2, -0.15) is 0 Å². The molecule has 0 radical (unpaired) electrons. The second-order valence-corrected chi connectivity index (χ2v) is 11.2. The molecule has 2 heteroatoms. The Labute approximate surface area is 233 Å². The van der Waals surface area contributed by atoms with Gasteiger partial charge in [0.1, 0.15) is 11.2 Å². The lowest BCUT2D eigenvalue weighted by Gasteiger charge is -2.21. The molecule has 8 rings (SSSR count). The molecule has 2 nitrogen and oxygen atoms in total. The summed E-state index contributed by atoms with van der Waals surface area (Å²) < 4.78 is 6.27. The van der Waals surface area contributed by atoms with E-state index < -0.39 is 0 Å². The topological polar surface area (TPSA) is 26.0 Å². The molecule has 190 valence electrons. The van der Waals surface area contributed by atoms with E-state index in [1.165, 1.54) is 33.2 Å². The first-order chi connectivity index (χ1) is 19.6.